The molecule has 0 aliphatic heterocycles. The van der Waals surface area contributed by atoms with Crippen LogP contribution < -0.4 is 5.32 Å². The zero-order valence-electron chi connectivity index (χ0n) is 15.5. The average Bonchev–Trinajstić information content (AvgIpc) is 3.03. The normalized spacial score (nSPS) is 10.9. The van der Waals surface area contributed by atoms with Crippen molar-refractivity contribution in [1.29, 1.82) is 0 Å². The summed E-state index contributed by atoms with van der Waals surface area (Å²) in [5.41, 5.74) is 3.99. The Morgan fingerprint density at radius 1 is 1.04 bits per heavy atom. The van der Waals surface area contributed by atoms with Crippen LogP contribution in [0.1, 0.15) is 21.7 Å². The molecule has 0 bridgehead atoms. The summed E-state index contributed by atoms with van der Waals surface area (Å²) < 4.78 is 15.5. The van der Waals surface area contributed by atoms with E-state index in [1.807, 2.05) is 54.0 Å². The average molecular weight is 373 g/mol. The Hall–Kier alpha value is -3.47. The van der Waals surface area contributed by atoms with E-state index in [9.17, 15) is 9.18 Å². The number of halogens is 1. The van der Waals surface area contributed by atoms with Gasteiger partial charge in [0.05, 0.1) is 16.7 Å². The number of nitrogens with one attached hydrogen (secondary N) is 1. The largest absolute Gasteiger partial charge is 0.352 e. The third-order valence-corrected chi connectivity index (χ3v) is 4.69. The molecule has 0 aliphatic rings. The van der Waals surface area contributed by atoms with E-state index in [4.69, 9.17) is 0 Å². The Balaban J connectivity index is 1.54. The Morgan fingerprint density at radius 3 is 2.64 bits per heavy atom. The number of amides is 1. The quantitative estimate of drug-likeness (QED) is 0.562. The lowest BCUT2D eigenvalue weighted by Gasteiger charge is -2.08. The predicted molar refractivity (Wildman–Crippen MR) is 108 cm³/mol. The molecule has 4 aromatic rings. The third kappa shape index (κ3) is 3.64. The van der Waals surface area contributed by atoms with E-state index in [0.29, 0.717) is 23.3 Å². The van der Waals surface area contributed by atoms with Crippen LogP contribution in [-0.4, -0.2) is 22.0 Å². The zero-order valence-corrected chi connectivity index (χ0v) is 15.5. The smallest absolute Gasteiger partial charge is 0.251 e. The van der Waals surface area contributed by atoms with Crippen molar-refractivity contribution in [2.75, 3.05) is 6.54 Å². The molecule has 0 aliphatic carbocycles. The van der Waals surface area contributed by atoms with E-state index in [2.05, 4.69) is 10.3 Å². The summed E-state index contributed by atoms with van der Waals surface area (Å²) >= 11 is 0. The maximum absolute atomic E-state index is 13.6. The predicted octanol–water partition coefficient (Wildman–Crippen LogP) is 4.45. The second-order valence-corrected chi connectivity index (χ2v) is 6.67. The first kappa shape index (κ1) is 17.9. The lowest BCUT2D eigenvalue weighted by molar-refractivity contribution is 0.0954. The molecule has 0 radical (unpaired) electrons. The van der Waals surface area contributed by atoms with Gasteiger partial charge in [0.25, 0.3) is 5.91 Å². The van der Waals surface area contributed by atoms with Crippen molar-refractivity contribution in [1.82, 2.24) is 14.9 Å². The molecule has 0 atom stereocenters. The second-order valence-electron chi connectivity index (χ2n) is 6.67. The summed E-state index contributed by atoms with van der Waals surface area (Å²) in [5.74, 6) is 0.311. The number of aromatic nitrogens is 2. The van der Waals surface area contributed by atoms with Gasteiger partial charge in [0, 0.05) is 12.1 Å². The minimum Gasteiger partial charge on any atom is -0.352 e. The Kier molecular flexibility index (Phi) is 4.89. The Labute approximate surface area is 162 Å². The number of hydrogen-bond acceptors (Lipinski definition) is 2. The fourth-order valence-corrected chi connectivity index (χ4v) is 3.35. The monoisotopic (exact) mass is 373 g/mol. The van der Waals surface area contributed by atoms with Gasteiger partial charge >= 0.3 is 0 Å². The first-order valence-corrected chi connectivity index (χ1v) is 9.19. The van der Waals surface area contributed by atoms with Crippen LogP contribution in [0.5, 0.6) is 0 Å². The van der Waals surface area contributed by atoms with Crippen LogP contribution in [0.25, 0.3) is 16.7 Å². The summed E-state index contributed by atoms with van der Waals surface area (Å²) in [5, 5.41) is 2.95. The summed E-state index contributed by atoms with van der Waals surface area (Å²) in [7, 11) is 0. The molecule has 0 saturated carbocycles. The number of fused-ring (bicyclic) bond motifs is 1. The molecule has 1 N–H and O–H groups in total. The van der Waals surface area contributed by atoms with Crippen molar-refractivity contribution < 1.29 is 9.18 Å². The molecule has 0 fully saturated rings. The van der Waals surface area contributed by atoms with Crippen molar-refractivity contribution >= 4 is 16.9 Å². The van der Waals surface area contributed by atoms with Gasteiger partial charge in [0.15, 0.2) is 0 Å². The molecule has 4 rings (SSSR count). The first-order valence-electron chi connectivity index (χ1n) is 9.19. The van der Waals surface area contributed by atoms with Crippen LogP contribution in [0.4, 0.5) is 4.39 Å². The zero-order chi connectivity index (χ0) is 19.5. The molecule has 1 heterocycles. The number of aryl methyl sites for hydroxylation is 1. The van der Waals surface area contributed by atoms with Crippen LogP contribution >= 0.6 is 0 Å². The Bertz CT molecular complexity index is 1140. The number of carbonyl (C=O) groups excluding carboxylic acids is 1. The van der Waals surface area contributed by atoms with Gasteiger partial charge in [-0.15, -0.1) is 0 Å². The number of hydrogen-bond donors (Lipinski definition) is 1. The van der Waals surface area contributed by atoms with E-state index in [-0.39, 0.29) is 11.7 Å². The third-order valence-electron chi connectivity index (χ3n) is 4.69. The van der Waals surface area contributed by atoms with Gasteiger partial charge in [0.2, 0.25) is 0 Å². The fourth-order valence-electron chi connectivity index (χ4n) is 3.35. The van der Waals surface area contributed by atoms with Gasteiger partial charge in [-0.05, 0) is 55.3 Å². The highest BCUT2D eigenvalue weighted by Crippen LogP contribution is 2.23. The molecule has 3 aromatic carbocycles. The molecule has 0 unspecified atom stereocenters. The molecule has 1 aromatic heterocycles. The van der Waals surface area contributed by atoms with Gasteiger partial charge in [-0.2, -0.15) is 0 Å². The lowest BCUT2D eigenvalue weighted by atomic mass is 10.1. The van der Waals surface area contributed by atoms with Crippen molar-refractivity contribution in [3.63, 3.8) is 0 Å². The van der Waals surface area contributed by atoms with Crippen molar-refractivity contribution in [3.05, 3.63) is 95.6 Å². The number of rotatable bonds is 5. The summed E-state index contributed by atoms with van der Waals surface area (Å²) in [6.07, 6.45) is 0.780. The highest BCUT2D eigenvalue weighted by molar-refractivity contribution is 5.97. The molecule has 0 spiro atoms. The van der Waals surface area contributed by atoms with Crippen molar-refractivity contribution in [2.45, 2.75) is 13.3 Å². The molecular weight excluding hydrogens is 353 g/mol. The lowest BCUT2D eigenvalue weighted by Crippen LogP contribution is -2.25. The maximum Gasteiger partial charge on any atom is 0.251 e. The van der Waals surface area contributed by atoms with E-state index in [0.717, 1.165) is 17.8 Å². The summed E-state index contributed by atoms with van der Waals surface area (Å²) in [4.78, 5) is 17.0. The van der Waals surface area contributed by atoms with Gasteiger partial charge in [-0.1, -0.05) is 36.4 Å². The fraction of sp³-hybridized carbons (Fsp3) is 0.130. The van der Waals surface area contributed by atoms with Crippen molar-refractivity contribution in [2.24, 2.45) is 0 Å². The summed E-state index contributed by atoms with van der Waals surface area (Å²) in [6.45, 7) is 2.43. The molecule has 140 valence electrons. The van der Waals surface area contributed by atoms with Gasteiger partial charge in [-0.3, -0.25) is 9.36 Å². The Morgan fingerprint density at radius 2 is 1.86 bits per heavy atom. The van der Waals surface area contributed by atoms with Crippen LogP contribution in [0.15, 0.2) is 72.8 Å². The topological polar surface area (TPSA) is 46.9 Å². The molecule has 4 nitrogen and oxygen atoms in total. The van der Waals surface area contributed by atoms with Crippen LogP contribution in [0.3, 0.4) is 0 Å². The van der Waals surface area contributed by atoms with Crippen molar-refractivity contribution in [3.8, 4) is 5.69 Å². The first-order chi connectivity index (χ1) is 13.6. The maximum atomic E-state index is 13.6. The van der Waals surface area contributed by atoms with Crippen LogP contribution in [-0.2, 0) is 6.42 Å². The molecule has 5 heteroatoms. The highest BCUT2D eigenvalue weighted by atomic mass is 19.1. The van der Waals surface area contributed by atoms with E-state index in [1.54, 1.807) is 18.2 Å². The van der Waals surface area contributed by atoms with Gasteiger partial charge in [0.1, 0.15) is 11.6 Å². The van der Waals surface area contributed by atoms with Crippen LogP contribution in [0.2, 0.25) is 0 Å². The number of nitrogens with zero attached hydrogens (tertiary/aromatic N) is 2. The SMILES string of the molecule is Cc1nc2cc(C(=O)NCCc3ccccc3)ccc2n1-c1cccc(F)c1. The molecular formula is C23H20FN3O. The minimum atomic E-state index is -0.298. The van der Waals surface area contributed by atoms with Gasteiger partial charge in [-0.25, -0.2) is 9.37 Å². The molecule has 28 heavy (non-hydrogen) atoms. The number of carbonyl (C=O) groups is 1. The molecule has 0 saturated heterocycles. The minimum absolute atomic E-state index is 0.129. The van der Waals surface area contributed by atoms with E-state index < -0.39 is 0 Å². The number of benzene rings is 3. The number of imidazole rings is 1. The van der Waals surface area contributed by atoms with E-state index >= 15 is 0 Å². The van der Waals surface area contributed by atoms with Gasteiger partial charge < -0.3 is 5.32 Å². The molecule has 1 amide bonds. The highest BCUT2D eigenvalue weighted by Gasteiger charge is 2.13. The van der Waals surface area contributed by atoms with Crippen LogP contribution in [0, 0.1) is 12.7 Å². The van der Waals surface area contributed by atoms with E-state index in [1.165, 1.54) is 17.7 Å². The standard InChI is InChI=1S/C23H20FN3O/c1-16-26-21-14-18(23(28)25-13-12-17-6-3-2-4-7-17)10-11-22(21)27(16)20-9-5-8-19(24)15-20/h2-11,14-15H,12-13H2,1H3,(H,25,28). The second kappa shape index (κ2) is 7.64. The summed E-state index contributed by atoms with van der Waals surface area (Å²) in [6, 6.07) is 21.8.